The van der Waals surface area contributed by atoms with E-state index in [1.807, 2.05) is 43.1 Å². The van der Waals surface area contributed by atoms with Crippen molar-refractivity contribution in [3.8, 4) is 0 Å². The molecule has 0 saturated heterocycles. The third-order valence-electron chi connectivity index (χ3n) is 2.55. The molecule has 0 aliphatic rings. The lowest BCUT2D eigenvalue weighted by Gasteiger charge is -2.17. The lowest BCUT2D eigenvalue weighted by Crippen LogP contribution is -2.10. The van der Waals surface area contributed by atoms with Crippen molar-refractivity contribution in [3.05, 3.63) is 39.9 Å². The second-order valence-electron chi connectivity index (χ2n) is 3.71. The average Bonchev–Trinajstić information content (AvgIpc) is 2.70. The first kappa shape index (κ1) is 12.4. The Balaban J connectivity index is 2.37. The summed E-state index contributed by atoms with van der Waals surface area (Å²) in [5, 5.41) is 10.3. The molecule has 1 aromatic heterocycles. The third-order valence-corrected chi connectivity index (χ3v) is 4.09. The summed E-state index contributed by atoms with van der Waals surface area (Å²) >= 11 is 7.33. The zero-order valence-electron chi connectivity index (χ0n) is 9.64. The molecule has 0 unspecified atom stereocenters. The van der Waals surface area contributed by atoms with Gasteiger partial charge in [-0.3, -0.25) is 0 Å². The van der Waals surface area contributed by atoms with Crippen molar-refractivity contribution < 1.29 is 5.11 Å². The van der Waals surface area contributed by atoms with Crippen LogP contribution in [0.5, 0.6) is 0 Å². The van der Waals surface area contributed by atoms with Crippen molar-refractivity contribution >= 4 is 33.8 Å². The number of thiazole rings is 1. The summed E-state index contributed by atoms with van der Waals surface area (Å²) in [7, 11) is 1.94. The van der Waals surface area contributed by atoms with Crippen molar-refractivity contribution in [3.63, 3.8) is 0 Å². The van der Waals surface area contributed by atoms with E-state index in [2.05, 4.69) is 4.98 Å². The van der Waals surface area contributed by atoms with E-state index >= 15 is 0 Å². The van der Waals surface area contributed by atoms with Gasteiger partial charge in [-0.15, -0.1) is 0 Å². The van der Waals surface area contributed by atoms with Crippen LogP contribution in [-0.2, 0) is 6.61 Å². The second kappa shape index (κ2) is 5.04. The normalized spacial score (nSPS) is 10.6. The van der Waals surface area contributed by atoms with Gasteiger partial charge in [-0.1, -0.05) is 41.1 Å². The largest absolute Gasteiger partial charge is 0.391 e. The highest BCUT2D eigenvalue weighted by atomic mass is 35.5. The summed E-state index contributed by atoms with van der Waals surface area (Å²) in [6, 6.07) is 8.07. The number of benzene rings is 1. The van der Waals surface area contributed by atoms with Gasteiger partial charge in [-0.2, -0.15) is 0 Å². The Morgan fingerprint density at radius 3 is 2.71 bits per heavy atom. The Labute approximate surface area is 109 Å². The summed E-state index contributed by atoms with van der Waals surface area (Å²) in [5.74, 6) is 0. The first-order chi connectivity index (χ1) is 8.13. The van der Waals surface area contributed by atoms with Gasteiger partial charge in [-0.25, -0.2) is 4.98 Å². The molecule has 90 valence electrons. The van der Waals surface area contributed by atoms with Gasteiger partial charge < -0.3 is 10.0 Å². The molecule has 0 radical (unpaired) electrons. The first-order valence-electron chi connectivity index (χ1n) is 5.19. The molecular weight excluding hydrogens is 256 g/mol. The molecule has 0 saturated carbocycles. The van der Waals surface area contributed by atoms with Crippen LogP contribution in [0.4, 0.5) is 10.8 Å². The molecule has 1 heterocycles. The van der Waals surface area contributed by atoms with Crippen LogP contribution < -0.4 is 4.90 Å². The Bertz CT molecular complexity index is 527. The van der Waals surface area contributed by atoms with E-state index in [1.54, 1.807) is 0 Å². The van der Waals surface area contributed by atoms with E-state index in [4.69, 9.17) is 16.7 Å². The van der Waals surface area contributed by atoms with E-state index in [0.717, 1.165) is 10.8 Å². The molecule has 5 heteroatoms. The van der Waals surface area contributed by atoms with E-state index < -0.39 is 0 Å². The van der Waals surface area contributed by atoms with Crippen molar-refractivity contribution in [1.29, 1.82) is 0 Å². The van der Waals surface area contributed by atoms with Crippen LogP contribution in [-0.4, -0.2) is 17.1 Å². The maximum absolute atomic E-state index is 9.11. The highest BCUT2D eigenvalue weighted by Gasteiger charge is 2.14. The lowest BCUT2D eigenvalue weighted by atomic mass is 10.2. The van der Waals surface area contributed by atoms with Crippen LogP contribution in [0.3, 0.4) is 0 Å². The maximum Gasteiger partial charge on any atom is 0.191 e. The summed E-state index contributed by atoms with van der Waals surface area (Å²) < 4.78 is 0. The number of hydrogen-bond donors (Lipinski definition) is 1. The van der Waals surface area contributed by atoms with Gasteiger partial charge in [0.15, 0.2) is 5.13 Å². The molecule has 2 rings (SSSR count). The minimum atomic E-state index is -0.0713. The maximum atomic E-state index is 9.11. The Morgan fingerprint density at radius 2 is 2.12 bits per heavy atom. The molecule has 0 spiro atoms. The van der Waals surface area contributed by atoms with Crippen molar-refractivity contribution in [2.75, 3.05) is 11.9 Å². The minimum absolute atomic E-state index is 0.0713. The predicted octanol–water partition coefficient (Wildman–Crippen LogP) is 3.37. The Morgan fingerprint density at radius 1 is 1.41 bits per heavy atom. The van der Waals surface area contributed by atoms with Gasteiger partial charge >= 0.3 is 0 Å². The number of aromatic nitrogens is 1. The van der Waals surface area contributed by atoms with Gasteiger partial charge in [0.05, 0.1) is 11.5 Å². The van der Waals surface area contributed by atoms with E-state index in [1.165, 1.54) is 16.9 Å². The van der Waals surface area contributed by atoms with Crippen LogP contribution in [0.25, 0.3) is 0 Å². The van der Waals surface area contributed by atoms with Crippen molar-refractivity contribution in [2.45, 2.75) is 13.5 Å². The fraction of sp³-hybridized carbons (Fsp3) is 0.250. The number of nitrogens with zero attached hydrogens (tertiary/aromatic N) is 2. The first-order valence-corrected chi connectivity index (χ1v) is 6.38. The van der Waals surface area contributed by atoms with Gasteiger partial charge in [0, 0.05) is 12.7 Å². The number of rotatable bonds is 3. The summed E-state index contributed by atoms with van der Waals surface area (Å²) in [6.07, 6.45) is 0. The van der Waals surface area contributed by atoms with E-state index in [9.17, 15) is 0 Å². The highest BCUT2D eigenvalue weighted by molar-refractivity contribution is 7.16. The lowest BCUT2D eigenvalue weighted by molar-refractivity contribution is 0.285. The number of hydrogen-bond acceptors (Lipinski definition) is 4. The van der Waals surface area contributed by atoms with Crippen LogP contribution >= 0.6 is 22.9 Å². The highest BCUT2D eigenvalue weighted by Crippen LogP contribution is 2.33. The standard InChI is InChI=1S/C12H13ClN2OS/c1-8-5-3-4-6-9(8)15(2)12-14-11(13)10(7-16)17-12/h3-6,16H,7H2,1-2H3. The molecule has 0 amide bonds. The molecule has 3 nitrogen and oxygen atoms in total. The number of aryl methyl sites for hydroxylation is 1. The van der Waals surface area contributed by atoms with Crippen LogP contribution in [0, 0.1) is 6.92 Å². The molecule has 2 aromatic rings. The number of para-hydroxylation sites is 1. The zero-order valence-corrected chi connectivity index (χ0v) is 11.2. The van der Waals surface area contributed by atoms with Crippen LogP contribution in [0.1, 0.15) is 10.4 Å². The third kappa shape index (κ3) is 2.44. The number of anilines is 2. The predicted molar refractivity (Wildman–Crippen MR) is 72.3 cm³/mol. The van der Waals surface area contributed by atoms with Crippen molar-refractivity contribution in [2.24, 2.45) is 0 Å². The SMILES string of the molecule is Cc1ccccc1N(C)c1nc(Cl)c(CO)s1. The molecule has 0 fully saturated rings. The van der Waals surface area contributed by atoms with Crippen molar-refractivity contribution in [1.82, 2.24) is 4.98 Å². The Kier molecular flexibility index (Phi) is 3.66. The number of aliphatic hydroxyl groups is 1. The summed E-state index contributed by atoms with van der Waals surface area (Å²) in [5.41, 5.74) is 2.26. The Hall–Kier alpha value is -1.10. The van der Waals surface area contributed by atoms with E-state index in [-0.39, 0.29) is 6.61 Å². The minimum Gasteiger partial charge on any atom is -0.391 e. The van der Waals surface area contributed by atoms with Gasteiger partial charge in [-0.05, 0) is 18.6 Å². The molecule has 17 heavy (non-hydrogen) atoms. The quantitative estimate of drug-likeness (QED) is 0.927. The summed E-state index contributed by atoms with van der Waals surface area (Å²) in [6.45, 7) is 1.98. The van der Waals surface area contributed by atoms with E-state index in [0.29, 0.717) is 10.0 Å². The number of halogens is 1. The summed E-state index contributed by atoms with van der Waals surface area (Å²) in [4.78, 5) is 6.92. The van der Waals surface area contributed by atoms with Crippen LogP contribution in [0.15, 0.2) is 24.3 Å². The topological polar surface area (TPSA) is 36.4 Å². The zero-order chi connectivity index (χ0) is 12.4. The molecule has 1 N–H and O–H groups in total. The number of aliphatic hydroxyl groups excluding tert-OH is 1. The molecule has 0 aliphatic carbocycles. The molecular formula is C12H13ClN2OS. The molecule has 1 aromatic carbocycles. The fourth-order valence-electron chi connectivity index (χ4n) is 1.61. The van der Waals surface area contributed by atoms with Gasteiger partial charge in [0.2, 0.25) is 0 Å². The fourth-order valence-corrected chi connectivity index (χ4v) is 2.70. The smallest absolute Gasteiger partial charge is 0.191 e. The molecule has 0 atom stereocenters. The molecule has 0 aliphatic heterocycles. The molecule has 0 bridgehead atoms. The average molecular weight is 269 g/mol. The van der Waals surface area contributed by atoms with Crippen LogP contribution in [0.2, 0.25) is 5.15 Å². The van der Waals surface area contributed by atoms with Gasteiger partial charge in [0.25, 0.3) is 0 Å². The second-order valence-corrected chi connectivity index (χ2v) is 5.13. The monoisotopic (exact) mass is 268 g/mol. The van der Waals surface area contributed by atoms with Gasteiger partial charge in [0.1, 0.15) is 5.15 Å².